The van der Waals surface area contributed by atoms with Crippen molar-refractivity contribution >= 4 is 23.5 Å². The number of methoxy groups -OCH3 is 1. The van der Waals surface area contributed by atoms with Gasteiger partial charge in [0.05, 0.1) is 12.7 Å². The lowest BCUT2D eigenvalue weighted by Gasteiger charge is -2.08. The summed E-state index contributed by atoms with van der Waals surface area (Å²) in [7, 11) is 1.30. The Balaban J connectivity index is 1.64. The molecule has 0 aliphatic rings. The number of esters is 1. The van der Waals surface area contributed by atoms with Crippen molar-refractivity contribution in [2.24, 2.45) is 0 Å². The van der Waals surface area contributed by atoms with Crippen molar-refractivity contribution < 1.29 is 19.1 Å². The van der Waals surface area contributed by atoms with Crippen molar-refractivity contribution in [3.63, 3.8) is 0 Å². The first-order valence-corrected chi connectivity index (χ1v) is 8.69. The number of carbonyl (C=O) groups is 3. The van der Waals surface area contributed by atoms with Crippen LogP contribution in [0.5, 0.6) is 0 Å². The summed E-state index contributed by atoms with van der Waals surface area (Å²) in [5, 5.41) is 5.44. The van der Waals surface area contributed by atoms with Crippen molar-refractivity contribution in [1.29, 1.82) is 0 Å². The number of hydrogen-bond donors (Lipinski definition) is 2. The second-order valence-corrected chi connectivity index (χ2v) is 6.00. The summed E-state index contributed by atoms with van der Waals surface area (Å²) in [6.45, 7) is 0.303. The Hall–Kier alpha value is -4.07. The molecule has 0 saturated carbocycles. The highest BCUT2D eigenvalue weighted by atomic mass is 16.5. The molecule has 0 radical (unpaired) electrons. The SMILES string of the molecule is COC(=O)c1ccc(NC(=O)c2ccnc(C(=O)NCc3cccnc3)c2)cc1. The van der Waals surface area contributed by atoms with Gasteiger partial charge in [-0.1, -0.05) is 6.07 Å². The minimum atomic E-state index is -0.459. The second kappa shape index (κ2) is 9.23. The number of amides is 2. The average molecular weight is 390 g/mol. The second-order valence-electron chi connectivity index (χ2n) is 6.00. The summed E-state index contributed by atoms with van der Waals surface area (Å²) in [4.78, 5) is 44.2. The zero-order valence-corrected chi connectivity index (χ0v) is 15.6. The van der Waals surface area contributed by atoms with Gasteiger partial charge in [-0.25, -0.2) is 4.79 Å². The highest BCUT2D eigenvalue weighted by Gasteiger charge is 2.13. The molecule has 1 aromatic carbocycles. The van der Waals surface area contributed by atoms with Crippen LogP contribution in [0.4, 0.5) is 5.69 Å². The van der Waals surface area contributed by atoms with Gasteiger partial charge < -0.3 is 15.4 Å². The molecule has 29 heavy (non-hydrogen) atoms. The first-order chi connectivity index (χ1) is 14.1. The fraction of sp³-hybridized carbons (Fsp3) is 0.0952. The zero-order valence-electron chi connectivity index (χ0n) is 15.6. The van der Waals surface area contributed by atoms with Crippen LogP contribution in [0.2, 0.25) is 0 Å². The van der Waals surface area contributed by atoms with E-state index in [1.807, 2.05) is 6.07 Å². The topological polar surface area (TPSA) is 110 Å². The lowest BCUT2D eigenvalue weighted by atomic mass is 10.1. The lowest BCUT2D eigenvalue weighted by Crippen LogP contribution is -2.24. The zero-order chi connectivity index (χ0) is 20.6. The van der Waals surface area contributed by atoms with Gasteiger partial charge in [-0.05, 0) is 48.0 Å². The number of carbonyl (C=O) groups excluding carboxylic acids is 3. The van der Waals surface area contributed by atoms with Crippen LogP contribution in [0.25, 0.3) is 0 Å². The Labute approximate surface area is 167 Å². The van der Waals surface area contributed by atoms with Crippen LogP contribution >= 0.6 is 0 Å². The number of nitrogens with one attached hydrogen (secondary N) is 2. The van der Waals surface area contributed by atoms with E-state index in [0.29, 0.717) is 17.8 Å². The van der Waals surface area contributed by atoms with Crippen molar-refractivity contribution in [3.8, 4) is 0 Å². The molecule has 146 valence electrons. The molecule has 2 aromatic heterocycles. The summed E-state index contributed by atoms with van der Waals surface area (Å²) in [6, 6.07) is 12.8. The Morgan fingerprint density at radius 2 is 1.76 bits per heavy atom. The van der Waals surface area contributed by atoms with E-state index in [1.54, 1.807) is 42.7 Å². The van der Waals surface area contributed by atoms with Crippen LogP contribution in [-0.2, 0) is 11.3 Å². The molecule has 0 aliphatic heterocycles. The first kappa shape index (κ1) is 19.7. The van der Waals surface area contributed by atoms with E-state index in [2.05, 4.69) is 25.3 Å². The molecule has 0 spiro atoms. The Kier molecular flexibility index (Phi) is 6.26. The summed E-state index contributed by atoms with van der Waals surface area (Å²) in [6.07, 6.45) is 4.70. The molecule has 0 aliphatic carbocycles. The fourth-order valence-corrected chi connectivity index (χ4v) is 2.48. The quantitative estimate of drug-likeness (QED) is 0.626. The number of rotatable bonds is 6. The van der Waals surface area contributed by atoms with Crippen LogP contribution in [-0.4, -0.2) is 34.9 Å². The molecule has 0 bridgehead atoms. The molecule has 3 rings (SSSR count). The third kappa shape index (κ3) is 5.23. The largest absolute Gasteiger partial charge is 0.465 e. The Bertz CT molecular complexity index is 1020. The van der Waals surface area contributed by atoms with Crippen LogP contribution in [0, 0.1) is 0 Å². The molecular weight excluding hydrogens is 372 g/mol. The van der Waals surface area contributed by atoms with Crippen molar-refractivity contribution in [1.82, 2.24) is 15.3 Å². The molecule has 0 fully saturated rings. The average Bonchev–Trinajstić information content (AvgIpc) is 2.78. The molecule has 8 nitrogen and oxygen atoms in total. The van der Waals surface area contributed by atoms with E-state index in [9.17, 15) is 14.4 Å². The highest BCUT2D eigenvalue weighted by Crippen LogP contribution is 2.12. The maximum absolute atomic E-state index is 12.5. The first-order valence-electron chi connectivity index (χ1n) is 8.69. The number of nitrogens with zero attached hydrogens (tertiary/aromatic N) is 2. The summed E-state index contributed by atoms with van der Waals surface area (Å²) >= 11 is 0. The number of anilines is 1. The van der Waals surface area contributed by atoms with Crippen molar-refractivity contribution in [2.45, 2.75) is 6.54 Å². The van der Waals surface area contributed by atoms with Gasteiger partial charge in [0.25, 0.3) is 11.8 Å². The molecule has 3 aromatic rings. The van der Waals surface area contributed by atoms with E-state index in [-0.39, 0.29) is 11.3 Å². The van der Waals surface area contributed by atoms with Crippen molar-refractivity contribution in [3.05, 3.63) is 89.5 Å². The third-order valence-electron chi connectivity index (χ3n) is 3.99. The van der Waals surface area contributed by atoms with Gasteiger partial charge in [0.15, 0.2) is 0 Å². The summed E-state index contributed by atoms with van der Waals surface area (Å²) < 4.78 is 4.64. The molecule has 8 heteroatoms. The molecule has 0 unspecified atom stereocenters. The third-order valence-corrected chi connectivity index (χ3v) is 3.99. The maximum atomic E-state index is 12.5. The predicted octanol–water partition coefficient (Wildman–Crippen LogP) is 2.45. The number of hydrogen-bond acceptors (Lipinski definition) is 6. The Morgan fingerprint density at radius 3 is 2.45 bits per heavy atom. The normalized spacial score (nSPS) is 10.1. The summed E-state index contributed by atoms with van der Waals surface area (Å²) in [5.74, 6) is -1.26. The van der Waals surface area contributed by atoms with E-state index < -0.39 is 17.8 Å². The summed E-state index contributed by atoms with van der Waals surface area (Å²) in [5.41, 5.74) is 2.14. The molecule has 2 N–H and O–H groups in total. The van der Waals surface area contributed by atoms with Crippen LogP contribution in [0.1, 0.15) is 36.8 Å². The molecule has 0 saturated heterocycles. The minimum Gasteiger partial charge on any atom is -0.465 e. The standard InChI is InChI=1S/C21H18N4O4/c1-29-21(28)15-4-6-17(7-5-15)25-19(26)16-8-10-23-18(11-16)20(27)24-13-14-3-2-9-22-12-14/h2-12H,13H2,1H3,(H,24,27)(H,25,26). The molecule has 0 atom stereocenters. The maximum Gasteiger partial charge on any atom is 0.337 e. The molecule has 2 heterocycles. The van der Waals surface area contributed by atoms with Crippen LogP contribution in [0.15, 0.2) is 67.1 Å². The van der Waals surface area contributed by atoms with E-state index >= 15 is 0 Å². The van der Waals surface area contributed by atoms with Gasteiger partial charge >= 0.3 is 5.97 Å². The minimum absolute atomic E-state index is 0.127. The van der Waals surface area contributed by atoms with Gasteiger partial charge in [-0.15, -0.1) is 0 Å². The monoisotopic (exact) mass is 390 g/mol. The van der Waals surface area contributed by atoms with Gasteiger partial charge in [0, 0.05) is 36.4 Å². The lowest BCUT2D eigenvalue weighted by molar-refractivity contribution is 0.0600. The highest BCUT2D eigenvalue weighted by molar-refractivity contribution is 6.05. The van der Waals surface area contributed by atoms with Gasteiger partial charge in [-0.3, -0.25) is 19.6 Å². The number of pyridine rings is 2. The smallest absolute Gasteiger partial charge is 0.337 e. The van der Waals surface area contributed by atoms with E-state index in [4.69, 9.17) is 0 Å². The van der Waals surface area contributed by atoms with Gasteiger partial charge in [0.1, 0.15) is 5.69 Å². The van der Waals surface area contributed by atoms with Gasteiger partial charge in [0.2, 0.25) is 0 Å². The van der Waals surface area contributed by atoms with Crippen LogP contribution < -0.4 is 10.6 Å². The van der Waals surface area contributed by atoms with E-state index in [0.717, 1.165) is 5.56 Å². The molecular formula is C21H18N4O4. The van der Waals surface area contributed by atoms with E-state index in [1.165, 1.54) is 25.4 Å². The van der Waals surface area contributed by atoms with Gasteiger partial charge in [-0.2, -0.15) is 0 Å². The predicted molar refractivity (Wildman–Crippen MR) is 105 cm³/mol. The number of ether oxygens (including phenoxy) is 1. The Morgan fingerprint density at radius 1 is 0.966 bits per heavy atom. The van der Waals surface area contributed by atoms with Crippen LogP contribution in [0.3, 0.4) is 0 Å². The van der Waals surface area contributed by atoms with Crippen molar-refractivity contribution in [2.75, 3.05) is 12.4 Å². The molecule has 2 amide bonds. The fourth-order valence-electron chi connectivity index (χ4n) is 2.48. The number of benzene rings is 1. The number of aromatic nitrogens is 2.